The fourth-order valence-corrected chi connectivity index (χ4v) is 1.71. The van der Waals surface area contributed by atoms with Crippen molar-refractivity contribution in [1.82, 2.24) is 5.43 Å². The molecule has 1 atom stereocenters. The molecular formula is C12H16ClN3. The lowest BCUT2D eigenvalue weighted by Gasteiger charge is -2.17. The van der Waals surface area contributed by atoms with Gasteiger partial charge in [-0.25, -0.2) is 0 Å². The Morgan fingerprint density at radius 1 is 1.50 bits per heavy atom. The van der Waals surface area contributed by atoms with Crippen LogP contribution in [0.3, 0.4) is 0 Å². The number of nitrogens with one attached hydrogen (secondary N) is 1. The van der Waals surface area contributed by atoms with Crippen LogP contribution in [0.15, 0.2) is 18.2 Å². The van der Waals surface area contributed by atoms with Gasteiger partial charge in [0.15, 0.2) is 0 Å². The molecule has 0 amide bonds. The summed E-state index contributed by atoms with van der Waals surface area (Å²) in [6.07, 6.45) is 1.61. The summed E-state index contributed by atoms with van der Waals surface area (Å²) in [5.41, 5.74) is 10.2. The predicted octanol–water partition coefficient (Wildman–Crippen LogP) is 2.23. The minimum Gasteiger partial charge on any atom is -0.398 e. The van der Waals surface area contributed by atoms with Crippen LogP contribution in [0.4, 0.5) is 5.69 Å². The van der Waals surface area contributed by atoms with Crippen molar-refractivity contribution in [2.24, 2.45) is 5.84 Å². The second-order valence-corrected chi connectivity index (χ2v) is 3.89. The molecule has 1 unspecified atom stereocenters. The van der Waals surface area contributed by atoms with Crippen molar-refractivity contribution in [3.05, 3.63) is 28.8 Å². The summed E-state index contributed by atoms with van der Waals surface area (Å²) in [7, 11) is 0. The normalized spacial score (nSPS) is 11.7. The quantitative estimate of drug-likeness (QED) is 0.326. The van der Waals surface area contributed by atoms with Crippen LogP contribution in [0.25, 0.3) is 0 Å². The van der Waals surface area contributed by atoms with Gasteiger partial charge in [0.1, 0.15) is 0 Å². The SMILES string of the molecule is CC#CCCC(NN)c1ccc(Cl)cc1N. The average Bonchev–Trinajstić information content (AvgIpc) is 2.26. The van der Waals surface area contributed by atoms with E-state index < -0.39 is 0 Å². The molecule has 1 aromatic rings. The van der Waals surface area contributed by atoms with E-state index in [0.717, 1.165) is 18.4 Å². The Hall–Kier alpha value is -1.21. The first-order valence-corrected chi connectivity index (χ1v) is 5.47. The highest BCUT2D eigenvalue weighted by molar-refractivity contribution is 6.30. The van der Waals surface area contributed by atoms with Crippen LogP contribution in [0.5, 0.6) is 0 Å². The summed E-state index contributed by atoms with van der Waals surface area (Å²) >= 11 is 5.84. The number of nitrogen functional groups attached to an aromatic ring is 1. The molecule has 0 saturated carbocycles. The molecule has 1 aromatic carbocycles. The van der Waals surface area contributed by atoms with Gasteiger partial charge < -0.3 is 5.73 Å². The minimum atomic E-state index is 0.0121. The second-order valence-electron chi connectivity index (χ2n) is 3.46. The van der Waals surface area contributed by atoms with E-state index in [1.807, 2.05) is 19.1 Å². The third-order valence-corrected chi connectivity index (χ3v) is 2.60. The summed E-state index contributed by atoms with van der Waals surface area (Å²) in [5, 5.41) is 0.630. The molecule has 0 fully saturated rings. The summed E-state index contributed by atoms with van der Waals surface area (Å²) in [4.78, 5) is 0. The fourth-order valence-electron chi connectivity index (χ4n) is 1.53. The van der Waals surface area contributed by atoms with Gasteiger partial charge in [-0.3, -0.25) is 11.3 Å². The van der Waals surface area contributed by atoms with E-state index in [9.17, 15) is 0 Å². The van der Waals surface area contributed by atoms with Gasteiger partial charge in [-0.15, -0.1) is 11.8 Å². The van der Waals surface area contributed by atoms with Gasteiger partial charge in [-0.05, 0) is 31.0 Å². The molecule has 5 N–H and O–H groups in total. The Kier molecular flexibility index (Phi) is 5.13. The number of rotatable bonds is 4. The van der Waals surface area contributed by atoms with Gasteiger partial charge in [0.05, 0.1) is 0 Å². The number of benzene rings is 1. The first-order valence-electron chi connectivity index (χ1n) is 5.09. The van der Waals surface area contributed by atoms with E-state index in [1.165, 1.54) is 0 Å². The van der Waals surface area contributed by atoms with E-state index >= 15 is 0 Å². The number of halogens is 1. The van der Waals surface area contributed by atoms with Crippen LogP contribution in [-0.4, -0.2) is 0 Å². The number of anilines is 1. The summed E-state index contributed by atoms with van der Waals surface area (Å²) < 4.78 is 0. The largest absolute Gasteiger partial charge is 0.398 e. The number of nitrogens with two attached hydrogens (primary N) is 2. The lowest BCUT2D eigenvalue weighted by molar-refractivity contribution is 0.525. The summed E-state index contributed by atoms with van der Waals surface area (Å²) in [6.45, 7) is 1.82. The Bertz CT molecular complexity index is 406. The van der Waals surface area contributed by atoms with E-state index in [-0.39, 0.29) is 6.04 Å². The maximum atomic E-state index is 5.89. The van der Waals surface area contributed by atoms with Gasteiger partial charge in [-0.2, -0.15) is 0 Å². The highest BCUT2D eigenvalue weighted by atomic mass is 35.5. The minimum absolute atomic E-state index is 0.0121. The Morgan fingerprint density at radius 2 is 2.25 bits per heavy atom. The molecule has 4 heteroatoms. The van der Waals surface area contributed by atoms with E-state index in [4.69, 9.17) is 23.2 Å². The van der Waals surface area contributed by atoms with Crippen molar-refractivity contribution in [2.45, 2.75) is 25.8 Å². The molecular weight excluding hydrogens is 222 g/mol. The molecule has 16 heavy (non-hydrogen) atoms. The number of hydrogen-bond donors (Lipinski definition) is 3. The predicted molar refractivity (Wildman–Crippen MR) is 68.6 cm³/mol. The Balaban J connectivity index is 2.80. The van der Waals surface area contributed by atoms with Gasteiger partial charge in [0.2, 0.25) is 0 Å². The Labute approximate surface area is 101 Å². The van der Waals surface area contributed by atoms with Crippen LogP contribution in [0.1, 0.15) is 31.4 Å². The van der Waals surface area contributed by atoms with Crippen molar-refractivity contribution in [2.75, 3.05) is 5.73 Å². The maximum absolute atomic E-state index is 5.89. The lowest BCUT2D eigenvalue weighted by atomic mass is 10.0. The van der Waals surface area contributed by atoms with E-state index in [0.29, 0.717) is 10.7 Å². The van der Waals surface area contributed by atoms with Gasteiger partial charge in [-0.1, -0.05) is 17.7 Å². The van der Waals surface area contributed by atoms with Crippen LogP contribution >= 0.6 is 11.6 Å². The first kappa shape index (κ1) is 12.9. The molecule has 0 bridgehead atoms. The van der Waals surface area contributed by atoms with Crippen LogP contribution in [0.2, 0.25) is 5.02 Å². The number of hydrogen-bond acceptors (Lipinski definition) is 3. The molecule has 0 aliphatic heterocycles. The highest BCUT2D eigenvalue weighted by Gasteiger charge is 2.12. The average molecular weight is 238 g/mol. The highest BCUT2D eigenvalue weighted by Crippen LogP contribution is 2.26. The smallest absolute Gasteiger partial charge is 0.0489 e. The molecule has 0 heterocycles. The molecule has 0 aliphatic rings. The summed E-state index contributed by atoms with van der Waals surface area (Å²) in [5.74, 6) is 11.4. The molecule has 0 spiro atoms. The van der Waals surface area contributed by atoms with Crippen LogP contribution in [0, 0.1) is 11.8 Å². The molecule has 0 saturated heterocycles. The molecule has 0 radical (unpaired) electrons. The third-order valence-electron chi connectivity index (χ3n) is 2.36. The number of hydrazine groups is 1. The summed E-state index contributed by atoms with van der Waals surface area (Å²) in [6, 6.07) is 5.44. The third kappa shape index (κ3) is 3.42. The lowest BCUT2D eigenvalue weighted by Crippen LogP contribution is -2.28. The first-order chi connectivity index (χ1) is 7.69. The fraction of sp³-hybridized carbons (Fsp3) is 0.333. The van der Waals surface area contributed by atoms with Crippen LogP contribution < -0.4 is 17.0 Å². The van der Waals surface area contributed by atoms with Crippen molar-refractivity contribution in [1.29, 1.82) is 0 Å². The van der Waals surface area contributed by atoms with Crippen molar-refractivity contribution >= 4 is 17.3 Å². The zero-order valence-corrected chi connectivity index (χ0v) is 10.0. The molecule has 86 valence electrons. The van der Waals surface area contributed by atoms with Crippen molar-refractivity contribution in [3.8, 4) is 11.8 Å². The monoisotopic (exact) mass is 237 g/mol. The molecule has 0 aromatic heterocycles. The zero-order chi connectivity index (χ0) is 12.0. The topological polar surface area (TPSA) is 64.1 Å². The maximum Gasteiger partial charge on any atom is 0.0489 e. The standard InChI is InChI=1S/C12H16ClN3/c1-2-3-4-5-12(16-15)10-7-6-9(13)8-11(10)14/h6-8,12,16H,4-5,14-15H2,1H3. The second kappa shape index (κ2) is 6.39. The molecule has 3 nitrogen and oxygen atoms in total. The van der Waals surface area contributed by atoms with Crippen molar-refractivity contribution in [3.63, 3.8) is 0 Å². The Morgan fingerprint density at radius 3 is 2.81 bits per heavy atom. The molecule has 0 aliphatic carbocycles. The molecule has 1 rings (SSSR count). The van der Waals surface area contributed by atoms with Crippen LogP contribution in [-0.2, 0) is 0 Å². The van der Waals surface area contributed by atoms with Gasteiger partial charge in [0.25, 0.3) is 0 Å². The van der Waals surface area contributed by atoms with Crippen molar-refractivity contribution < 1.29 is 0 Å². The van der Waals surface area contributed by atoms with E-state index in [2.05, 4.69) is 17.3 Å². The zero-order valence-electron chi connectivity index (χ0n) is 9.26. The van der Waals surface area contributed by atoms with Gasteiger partial charge in [0, 0.05) is 23.2 Å². The van der Waals surface area contributed by atoms with E-state index in [1.54, 1.807) is 6.07 Å². The van der Waals surface area contributed by atoms with Gasteiger partial charge >= 0.3 is 0 Å².